The Labute approximate surface area is 123 Å². The van der Waals surface area contributed by atoms with Crippen LogP contribution in [0.3, 0.4) is 0 Å². The lowest BCUT2D eigenvalue weighted by Crippen LogP contribution is -2.45. The van der Waals surface area contributed by atoms with E-state index in [-0.39, 0.29) is 18.1 Å². The van der Waals surface area contributed by atoms with Crippen molar-refractivity contribution in [3.63, 3.8) is 0 Å². The molecule has 0 bridgehead atoms. The third-order valence-corrected chi connectivity index (χ3v) is 3.55. The van der Waals surface area contributed by atoms with Crippen LogP contribution < -0.4 is 10.6 Å². The van der Waals surface area contributed by atoms with Crippen LogP contribution in [0.2, 0.25) is 0 Å². The highest BCUT2D eigenvalue weighted by atomic mass is 16.6. The van der Waals surface area contributed by atoms with Crippen LogP contribution in [0.15, 0.2) is 0 Å². The molecule has 1 amide bonds. The highest BCUT2D eigenvalue weighted by Crippen LogP contribution is 2.24. The van der Waals surface area contributed by atoms with E-state index >= 15 is 0 Å². The zero-order valence-electron chi connectivity index (χ0n) is 13.9. The molecule has 0 aliphatic heterocycles. The van der Waals surface area contributed by atoms with Crippen molar-refractivity contribution in [2.24, 2.45) is 5.41 Å². The van der Waals surface area contributed by atoms with Gasteiger partial charge in [-0.25, -0.2) is 4.79 Å². The van der Waals surface area contributed by atoms with Crippen LogP contribution in [0.1, 0.15) is 54.4 Å². The summed E-state index contributed by atoms with van der Waals surface area (Å²) in [6.45, 7) is 13.2. The lowest BCUT2D eigenvalue weighted by atomic mass is 9.83. The van der Waals surface area contributed by atoms with Crippen molar-refractivity contribution in [2.45, 2.75) is 66.0 Å². The number of aliphatic hydroxyl groups excluding tert-OH is 1. The SMILES string of the molecule is CCC(CC)(CO)CNCC(C)NC(=O)OC(C)(C)C. The maximum Gasteiger partial charge on any atom is 0.407 e. The van der Waals surface area contributed by atoms with E-state index in [1.165, 1.54) is 0 Å². The molecule has 0 saturated heterocycles. The van der Waals surface area contributed by atoms with Crippen LogP contribution in [-0.2, 0) is 4.74 Å². The first-order chi connectivity index (χ1) is 9.18. The fourth-order valence-electron chi connectivity index (χ4n) is 1.89. The molecule has 0 aromatic carbocycles. The monoisotopic (exact) mass is 288 g/mol. The first-order valence-corrected chi connectivity index (χ1v) is 7.49. The fraction of sp³-hybridized carbons (Fsp3) is 0.933. The number of rotatable bonds is 8. The van der Waals surface area contributed by atoms with E-state index < -0.39 is 11.7 Å². The fourth-order valence-corrected chi connectivity index (χ4v) is 1.89. The predicted molar refractivity (Wildman–Crippen MR) is 81.8 cm³/mol. The van der Waals surface area contributed by atoms with Gasteiger partial charge in [0.05, 0.1) is 0 Å². The Morgan fingerprint density at radius 3 is 2.20 bits per heavy atom. The molecule has 0 rings (SSSR count). The van der Waals surface area contributed by atoms with Gasteiger partial charge in [-0.05, 0) is 40.5 Å². The molecule has 1 unspecified atom stereocenters. The van der Waals surface area contributed by atoms with Crippen molar-refractivity contribution in [3.8, 4) is 0 Å². The topological polar surface area (TPSA) is 70.6 Å². The quantitative estimate of drug-likeness (QED) is 0.641. The third-order valence-electron chi connectivity index (χ3n) is 3.55. The van der Waals surface area contributed by atoms with Gasteiger partial charge in [0.2, 0.25) is 0 Å². The largest absolute Gasteiger partial charge is 0.444 e. The van der Waals surface area contributed by atoms with Crippen LogP contribution in [0.25, 0.3) is 0 Å². The second kappa shape index (κ2) is 8.47. The third kappa shape index (κ3) is 7.70. The van der Waals surface area contributed by atoms with Gasteiger partial charge in [0, 0.05) is 31.2 Å². The van der Waals surface area contributed by atoms with Gasteiger partial charge in [-0.2, -0.15) is 0 Å². The second-order valence-corrected chi connectivity index (χ2v) is 6.54. The van der Waals surface area contributed by atoms with E-state index in [2.05, 4.69) is 24.5 Å². The van der Waals surface area contributed by atoms with Gasteiger partial charge in [-0.3, -0.25) is 0 Å². The summed E-state index contributed by atoms with van der Waals surface area (Å²) in [5, 5.41) is 15.6. The molecule has 0 aromatic rings. The van der Waals surface area contributed by atoms with E-state index in [0.717, 1.165) is 19.4 Å². The van der Waals surface area contributed by atoms with Crippen molar-refractivity contribution >= 4 is 6.09 Å². The minimum absolute atomic E-state index is 0.0186. The maximum atomic E-state index is 11.6. The summed E-state index contributed by atoms with van der Waals surface area (Å²) in [4.78, 5) is 11.6. The van der Waals surface area contributed by atoms with E-state index in [9.17, 15) is 9.90 Å². The molecule has 0 fully saturated rings. The van der Waals surface area contributed by atoms with Crippen molar-refractivity contribution < 1.29 is 14.6 Å². The standard InChI is InChI=1S/C15H32N2O3/c1-7-15(8-2,11-18)10-16-9-12(3)17-13(19)20-14(4,5)6/h12,16,18H,7-11H2,1-6H3,(H,17,19). The minimum Gasteiger partial charge on any atom is -0.444 e. The summed E-state index contributed by atoms with van der Waals surface area (Å²) in [6.07, 6.45) is 1.47. The Hall–Kier alpha value is -0.810. The zero-order valence-corrected chi connectivity index (χ0v) is 13.9. The number of carbonyl (C=O) groups excluding carboxylic acids is 1. The van der Waals surface area contributed by atoms with Crippen LogP contribution >= 0.6 is 0 Å². The molecule has 20 heavy (non-hydrogen) atoms. The van der Waals surface area contributed by atoms with E-state index in [1.54, 1.807) is 0 Å². The number of hydrogen-bond donors (Lipinski definition) is 3. The van der Waals surface area contributed by atoms with Crippen LogP contribution in [-0.4, -0.2) is 42.5 Å². The average molecular weight is 288 g/mol. The molecule has 0 aliphatic carbocycles. The molecule has 0 radical (unpaired) electrons. The van der Waals surface area contributed by atoms with Crippen molar-refractivity contribution in [3.05, 3.63) is 0 Å². The molecule has 120 valence electrons. The van der Waals surface area contributed by atoms with Gasteiger partial charge in [0.15, 0.2) is 0 Å². The van der Waals surface area contributed by atoms with Crippen molar-refractivity contribution in [1.29, 1.82) is 0 Å². The number of hydrogen-bond acceptors (Lipinski definition) is 4. The molecular weight excluding hydrogens is 256 g/mol. The van der Waals surface area contributed by atoms with Gasteiger partial charge in [-0.1, -0.05) is 13.8 Å². The summed E-state index contributed by atoms with van der Waals surface area (Å²) in [5.41, 5.74) is -0.542. The number of ether oxygens (including phenoxy) is 1. The lowest BCUT2D eigenvalue weighted by molar-refractivity contribution is 0.0506. The smallest absolute Gasteiger partial charge is 0.407 e. The van der Waals surface area contributed by atoms with Gasteiger partial charge in [0.25, 0.3) is 0 Å². The van der Waals surface area contributed by atoms with Crippen LogP contribution in [0, 0.1) is 5.41 Å². The molecule has 0 aliphatic rings. The van der Waals surface area contributed by atoms with E-state index in [1.807, 2.05) is 27.7 Å². The summed E-state index contributed by atoms with van der Waals surface area (Å²) in [5.74, 6) is 0. The zero-order chi connectivity index (χ0) is 15.8. The highest BCUT2D eigenvalue weighted by Gasteiger charge is 2.25. The van der Waals surface area contributed by atoms with Gasteiger partial charge in [-0.15, -0.1) is 0 Å². The second-order valence-electron chi connectivity index (χ2n) is 6.54. The van der Waals surface area contributed by atoms with Gasteiger partial charge >= 0.3 is 6.09 Å². The van der Waals surface area contributed by atoms with Crippen LogP contribution in [0.5, 0.6) is 0 Å². The normalized spacial score (nSPS) is 13.9. The molecule has 3 N–H and O–H groups in total. The maximum absolute atomic E-state index is 11.6. The molecule has 0 heterocycles. The lowest BCUT2D eigenvalue weighted by Gasteiger charge is -2.30. The summed E-state index contributed by atoms with van der Waals surface area (Å²) in [7, 11) is 0. The highest BCUT2D eigenvalue weighted by molar-refractivity contribution is 5.68. The van der Waals surface area contributed by atoms with Gasteiger partial charge in [0.1, 0.15) is 5.60 Å². The van der Waals surface area contributed by atoms with E-state index in [0.29, 0.717) is 6.54 Å². The Morgan fingerprint density at radius 2 is 1.80 bits per heavy atom. The Kier molecular flexibility index (Phi) is 8.13. The summed E-state index contributed by atoms with van der Waals surface area (Å²) in [6, 6.07) is -0.0186. The molecule has 0 aromatic heterocycles. The number of carbonyl (C=O) groups is 1. The molecule has 5 nitrogen and oxygen atoms in total. The Bertz CT molecular complexity index is 275. The first kappa shape index (κ1) is 19.2. The van der Waals surface area contributed by atoms with Crippen LogP contribution in [0.4, 0.5) is 4.79 Å². The minimum atomic E-state index is -0.478. The number of alkyl carbamates (subject to hydrolysis) is 1. The summed E-state index contributed by atoms with van der Waals surface area (Å²) >= 11 is 0. The number of aliphatic hydroxyl groups is 1. The molecular formula is C15H32N2O3. The van der Waals surface area contributed by atoms with Gasteiger partial charge < -0.3 is 20.5 Å². The summed E-state index contributed by atoms with van der Waals surface area (Å²) < 4.78 is 5.20. The molecule has 5 heteroatoms. The molecule has 0 spiro atoms. The Balaban J connectivity index is 4.05. The van der Waals surface area contributed by atoms with Crippen molar-refractivity contribution in [1.82, 2.24) is 10.6 Å². The van der Waals surface area contributed by atoms with Crippen molar-refractivity contribution in [2.75, 3.05) is 19.7 Å². The number of nitrogens with one attached hydrogen (secondary N) is 2. The first-order valence-electron chi connectivity index (χ1n) is 7.49. The molecule has 1 atom stereocenters. The Morgan fingerprint density at radius 1 is 1.25 bits per heavy atom. The number of amides is 1. The molecule has 0 saturated carbocycles. The van der Waals surface area contributed by atoms with E-state index in [4.69, 9.17) is 4.74 Å². The predicted octanol–water partition coefficient (Wildman–Crippen LogP) is 2.29. The average Bonchev–Trinajstić information content (AvgIpc) is 2.32.